The van der Waals surface area contributed by atoms with Crippen LogP contribution in [0.25, 0.3) is 0 Å². The summed E-state index contributed by atoms with van der Waals surface area (Å²) in [5.41, 5.74) is 0. The summed E-state index contributed by atoms with van der Waals surface area (Å²) in [6.45, 7) is 8.38. The molecule has 3 heterocycles. The van der Waals surface area contributed by atoms with E-state index >= 15 is 0 Å². The van der Waals surface area contributed by atoms with Crippen LogP contribution in [0.15, 0.2) is 0 Å². The van der Waals surface area contributed by atoms with Gasteiger partial charge in [-0.2, -0.15) is 0 Å². The topological polar surface area (TPSA) is 42.0 Å². The van der Waals surface area contributed by atoms with Gasteiger partial charge in [-0.25, -0.2) is 0 Å². The molecule has 0 radical (unpaired) electrons. The fourth-order valence-electron chi connectivity index (χ4n) is 4.22. The van der Waals surface area contributed by atoms with Crippen LogP contribution in [0.2, 0.25) is 0 Å². The largest absolute Gasteiger partial charge is 0.350 e. The van der Waals surface area contributed by atoms with Crippen LogP contribution < -0.4 is 0 Å². The molecule has 0 aliphatic carbocycles. The van der Waals surface area contributed by atoms with Crippen molar-refractivity contribution in [2.45, 2.75) is 64.3 Å². The van der Waals surface area contributed by atoms with Crippen LogP contribution in [0.1, 0.15) is 46.0 Å². The van der Waals surface area contributed by atoms with Gasteiger partial charge in [-0.05, 0) is 59.0 Å². The van der Waals surface area contributed by atoms with Crippen LogP contribution in [-0.4, -0.2) is 66.9 Å². The van der Waals surface area contributed by atoms with Gasteiger partial charge in [-0.3, -0.25) is 9.69 Å². The summed E-state index contributed by atoms with van der Waals surface area (Å²) in [5, 5.41) is 0. The van der Waals surface area contributed by atoms with E-state index in [1.807, 2.05) is 0 Å². The molecule has 5 nitrogen and oxygen atoms in total. The third-order valence-electron chi connectivity index (χ3n) is 5.51. The maximum Gasteiger partial charge on any atom is 0.237 e. The van der Waals surface area contributed by atoms with Gasteiger partial charge < -0.3 is 14.4 Å². The molecule has 3 rings (SSSR count). The van der Waals surface area contributed by atoms with E-state index in [0.29, 0.717) is 30.5 Å². The number of carbonyl (C=O) groups excluding carboxylic acids is 1. The lowest BCUT2D eigenvalue weighted by Crippen LogP contribution is -2.52. The molecule has 0 bridgehead atoms. The van der Waals surface area contributed by atoms with Gasteiger partial charge in [0.1, 0.15) is 0 Å². The zero-order valence-corrected chi connectivity index (χ0v) is 14.0. The molecule has 3 saturated heterocycles. The van der Waals surface area contributed by atoms with Crippen molar-refractivity contribution < 1.29 is 14.3 Å². The third-order valence-corrected chi connectivity index (χ3v) is 5.51. The quantitative estimate of drug-likeness (QED) is 0.798. The first-order chi connectivity index (χ1) is 10.6. The number of rotatable bonds is 3. The molecule has 3 aliphatic heterocycles. The zero-order chi connectivity index (χ0) is 15.5. The number of piperidine rings is 2. The Morgan fingerprint density at radius 3 is 2.18 bits per heavy atom. The number of hydrogen-bond acceptors (Lipinski definition) is 4. The molecule has 22 heavy (non-hydrogen) atoms. The van der Waals surface area contributed by atoms with E-state index in [1.165, 1.54) is 6.42 Å². The average Bonchev–Trinajstić information content (AvgIpc) is 3.02. The summed E-state index contributed by atoms with van der Waals surface area (Å²) in [4.78, 5) is 17.1. The second-order valence-electron chi connectivity index (χ2n) is 7.15. The van der Waals surface area contributed by atoms with Crippen LogP contribution in [0.4, 0.5) is 0 Å². The van der Waals surface area contributed by atoms with Gasteiger partial charge in [0.25, 0.3) is 0 Å². The first-order valence-corrected chi connectivity index (χ1v) is 8.92. The lowest BCUT2D eigenvalue weighted by atomic mass is 9.95. The van der Waals surface area contributed by atoms with Gasteiger partial charge in [0.2, 0.25) is 5.91 Å². The first-order valence-electron chi connectivity index (χ1n) is 8.92. The Kier molecular flexibility index (Phi) is 5.37. The fourth-order valence-corrected chi connectivity index (χ4v) is 4.22. The highest BCUT2D eigenvalue weighted by molar-refractivity contribution is 5.79. The van der Waals surface area contributed by atoms with Crippen molar-refractivity contribution in [1.82, 2.24) is 9.80 Å². The van der Waals surface area contributed by atoms with Crippen LogP contribution in [0.3, 0.4) is 0 Å². The second kappa shape index (κ2) is 7.28. The summed E-state index contributed by atoms with van der Waals surface area (Å²) < 4.78 is 11.2. The predicted molar refractivity (Wildman–Crippen MR) is 84.5 cm³/mol. The number of amides is 1. The SMILES string of the molecule is CC1CCCC(C)N1C(=O)CN1CCC(C2OCCO2)CC1. The minimum Gasteiger partial charge on any atom is -0.350 e. The van der Waals surface area contributed by atoms with E-state index in [-0.39, 0.29) is 6.29 Å². The maximum absolute atomic E-state index is 12.7. The molecule has 0 aromatic carbocycles. The molecule has 5 heteroatoms. The van der Waals surface area contributed by atoms with Crippen molar-refractivity contribution in [3.05, 3.63) is 0 Å². The van der Waals surface area contributed by atoms with E-state index in [9.17, 15) is 4.79 Å². The third kappa shape index (κ3) is 3.63. The highest BCUT2D eigenvalue weighted by Gasteiger charge is 2.33. The Labute approximate surface area is 133 Å². The van der Waals surface area contributed by atoms with Crippen molar-refractivity contribution in [2.75, 3.05) is 32.8 Å². The van der Waals surface area contributed by atoms with Gasteiger partial charge in [-0.15, -0.1) is 0 Å². The summed E-state index contributed by atoms with van der Waals surface area (Å²) in [6, 6.07) is 0.795. The van der Waals surface area contributed by atoms with Crippen LogP contribution in [0.5, 0.6) is 0 Å². The molecule has 0 saturated carbocycles. The van der Waals surface area contributed by atoms with Crippen molar-refractivity contribution in [3.63, 3.8) is 0 Å². The van der Waals surface area contributed by atoms with E-state index in [0.717, 1.165) is 52.0 Å². The summed E-state index contributed by atoms with van der Waals surface area (Å²) >= 11 is 0. The number of carbonyl (C=O) groups is 1. The average molecular weight is 310 g/mol. The molecular weight excluding hydrogens is 280 g/mol. The summed E-state index contributed by atoms with van der Waals surface area (Å²) in [5.74, 6) is 0.813. The Morgan fingerprint density at radius 1 is 1.00 bits per heavy atom. The summed E-state index contributed by atoms with van der Waals surface area (Å²) in [6.07, 6.45) is 5.69. The van der Waals surface area contributed by atoms with Crippen LogP contribution in [0, 0.1) is 5.92 Å². The van der Waals surface area contributed by atoms with Gasteiger partial charge in [0.05, 0.1) is 19.8 Å². The summed E-state index contributed by atoms with van der Waals surface area (Å²) in [7, 11) is 0. The number of ether oxygens (including phenoxy) is 2. The highest BCUT2D eigenvalue weighted by atomic mass is 16.7. The van der Waals surface area contributed by atoms with Crippen LogP contribution >= 0.6 is 0 Å². The Hall–Kier alpha value is -0.650. The molecule has 3 fully saturated rings. The maximum atomic E-state index is 12.7. The van der Waals surface area contributed by atoms with Gasteiger partial charge >= 0.3 is 0 Å². The minimum atomic E-state index is -0.00000884. The van der Waals surface area contributed by atoms with Gasteiger partial charge in [0.15, 0.2) is 6.29 Å². The molecular formula is C17H30N2O3. The molecule has 2 unspecified atom stereocenters. The smallest absolute Gasteiger partial charge is 0.237 e. The van der Waals surface area contributed by atoms with Crippen molar-refractivity contribution >= 4 is 5.91 Å². The van der Waals surface area contributed by atoms with E-state index in [4.69, 9.17) is 9.47 Å². The standard InChI is InChI=1S/C17H30N2O3/c1-13-4-3-5-14(2)19(13)16(20)12-18-8-6-15(7-9-18)17-21-10-11-22-17/h13-15,17H,3-12H2,1-2H3. The molecule has 0 aromatic rings. The number of nitrogens with zero attached hydrogens (tertiary/aromatic N) is 2. The molecule has 1 amide bonds. The Balaban J connectivity index is 1.46. The van der Waals surface area contributed by atoms with Crippen molar-refractivity contribution in [3.8, 4) is 0 Å². The molecule has 0 spiro atoms. The lowest BCUT2D eigenvalue weighted by Gasteiger charge is -2.41. The zero-order valence-electron chi connectivity index (χ0n) is 14.0. The number of likely N-dealkylation sites (tertiary alicyclic amines) is 2. The molecule has 3 aliphatic rings. The van der Waals surface area contributed by atoms with Crippen molar-refractivity contribution in [1.29, 1.82) is 0 Å². The minimum absolute atomic E-state index is 0.00000884. The molecule has 2 atom stereocenters. The van der Waals surface area contributed by atoms with E-state index < -0.39 is 0 Å². The predicted octanol–water partition coefficient (Wildman–Crippen LogP) is 1.86. The van der Waals surface area contributed by atoms with Gasteiger partial charge in [-0.1, -0.05) is 0 Å². The van der Waals surface area contributed by atoms with E-state index in [1.54, 1.807) is 0 Å². The van der Waals surface area contributed by atoms with E-state index in [2.05, 4.69) is 23.6 Å². The molecule has 0 aromatic heterocycles. The Bertz CT molecular complexity index is 366. The first kappa shape index (κ1) is 16.2. The number of hydrogen-bond donors (Lipinski definition) is 0. The fraction of sp³-hybridized carbons (Fsp3) is 0.941. The molecule has 0 N–H and O–H groups in total. The van der Waals surface area contributed by atoms with Crippen molar-refractivity contribution in [2.24, 2.45) is 5.92 Å². The Morgan fingerprint density at radius 2 is 1.59 bits per heavy atom. The van der Waals surface area contributed by atoms with Gasteiger partial charge in [0, 0.05) is 18.0 Å². The lowest BCUT2D eigenvalue weighted by molar-refractivity contribution is -0.139. The second-order valence-corrected chi connectivity index (χ2v) is 7.15. The molecule has 126 valence electrons. The monoisotopic (exact) mass is 310 g/mol. The highest BCUT2D eigenvalue weighted by Crippen LogP contribution is 2.27. The van der Waals surface area contributed by atoms with Crippen LogP contribution in [-0.2, 0) is 14.3 Å². The normalized spacial score (nSPS) is 32.5.